The highest BCUT2D eigenvalue weighted by Crippen LogP contribution is 2.25. The summed E-state index contributed by atoms with van der Waals surface area (Å²) in [5, 5.41) is 0. The average Bonchev–Trinajstić information content (AvgIpc) is 2.67. The normalized spacial score (nSPS) is 17.3. The van der Waals surface area contributed by atoms with Crippen LogP contribution in [0.5, 0.6) is 5.75 Å². The zero-order valence-electron chi connectivity index (χ0n) is 15.8. The Morgan fingerprint density at radius 2 is 1.78 bits per heavy atom. The standard InChI is InChI=1S/C22H26N2O3/c1-26-12-13-27-21-8-6-18(7-9-21)22(25)24-15-20(16-24)23-11-10-17-4-2-3-5-19(17)14-23/h2-9,20H,10-16H2,1H3. The van der Waals surface area contributed by atoms with Crippen molar-refractivity contribution in [3.63, 3.8) is 0 Å². The summed E-state index contributed by atoms with van der Waals surface area (Å²) >= 11 is 0. The van der Waals surface area contributed by atoms with E-state index in [1.54, 1.807) is 7.11 Å². The van der Waals surface area contributed by atoms with E-state index in [1.807, 2.05) is 29.2 Å². The van der Waals surface area contributed by atoms with E-state index in [2.05, 4.69) is 29.2 Å². The van der Waals surface area contributed by atoms with Crippen molar-refractivity contribution in [2.45, 2.75) is 19.0 Å². The second kappa shape index (κ2) is 8.11. The Bertz CT molecular complexity index is 784. The van der Waals surface area contributed by atoms with Crippen LogP contribution >= 0.6 is 0 Å². The highest BCUT2D eigenvalue weighted by molar-refractivity contribution is 5.95. The Morgan fingerprint density at radius 3 is 2.52 bits per heavy atom. The van der Waals surface area contributed by atoms with E-state index < -0.39 is 0 Å². The second-order valence-electron chi connectivity index (χ2n) is 7.22. The van der Waals surface area contributed by atoms with Gasteiger partial charge in [-0.25, -0.2) is 0 Å². The number of methoxy groups -OCH3 is 1. The topological polar surface area (TPSA) is 42.0 Å². The van der Waals surface area contributed by atoms with Crippen molar-refractivity contribution >= 4 is 5.91 Å². The van der Waals surface area contributed by atoms with Crippen LogP contribution in [-0.2, 0) is 17.7 Å². The first-order valence-corrected chi connectivity index (χ1v) is 9.56. The molecular formula is C22H26N2O3. The molecule has 1 saturated heterocycles. The zero-order chi connectivity index (χ0) is 18.6. The van der Waals surface area contributed by atoms with Crippen molar-refractivity contribution in [2.75, 3.05) is 40.0 Å². The number of rotatable bonds is 6. The van der Waals surface area contributed by atoms with Crippen molar-refractivity contribution in [1.82, 2.24) is 9.80 Å². The quantitative estimate of drug-likeness (QED) is 0.737. The number of benzene rings is 2. The first kappa shape index (κ1) is 18.0. The summed E-state index contributed by atoms with van der Waals surface area (Å²) in [4.78, 5) is 17.1. The molecular weight excluding hydrogens is 340 g/mol. The maximum absolute atomic E-state index is 12.7. The van der Waals surface area contributed by atoms with Gasteiger partial charge in [-0.1, -0.05) is 24.3 Å². The Hall–Kier alpha value is -2.37. The fourth-order valence-corrected chi connectivity index (χ4v) is 3.80. The third kappa shape index (κ3) is 3.99. The first-order chi connectivity index (χ1) is 13.2. The number of ether oxygens (including phenoxy) is 2. The van der Waals surface area contributed by atoms with E-state index in [1.165, 1.54) is 11.1 Å². The molecule has 5 nitrogen and oxygen atoms in total. The molecule has 2 heterocycles. The van der Waals surface area contributed by atoms with Crippen LogP contribution in [0.2, 0.25) is 0 Å². The van der Waals surface area contributed by atoms with E-state index in [0.29, 0.717) is 19.3 Å². The van der Waals surface area contributed by atoms with Crippen molar-refractivity contribution in [3.8, 4) is 5.75 Å². The smallest absolute Gasteiger partial charge is 0.253 e. The Labute approximate surface area is 160 Å². The average molecular weight is 366 g/mol. The molecule has 0 bridgehead atoms. The van der Waals surface area contributed by atoms with Crippen LogP contribution in [0.4, 0.5) is 0 Å². The summed E-state index contributed by atoms with van der Waals surface area (Å²) in [5.74, 6) is 0.865. The summed E-state index contributed by atoms with van der Waals surface area (Å²) in [6.45, 7) is 4.77. The van der Waals surface area contributed by atoms with Gasteiger partial charge in [0.1, 0.15) is 12.4 Å². The maximum atomic E-state index is 12.7. The molecule has 2 aromatic carbocycles. The number of hydrogen-bond acceptors (Lipinski definition) is 4. The van der Waals surface area contributed by atoms with Crippen LogP contribution in [0, 0.1) is 0 Å². The Kier molecular flexibility index (Phi) is 5.41. The minimum Gasteiger partial charge on any atom is -0.491 e. The molecule has 142 valence electrons. The molecule has 0 spiro atoms. The van der Waals surface area contributed by atoms with Crippen LogP contribution in [0.15, 0.2) is 48.5 Å². The molecule has 0 aliphatic carbocycles. The molecule has 0 atom stereocenters. The fraction of sp³-hybridized carbons (Fsp3) is 0.409. The molecule has 4 rings (SSSR count). The summed E-state index contributed by atoms with van der Waals surface area (Å²) in [7, 11) is 1.65. The molecule has 1 fully saturated rings. The number of carbonyl (C=O) groups is 1. The van der Waals surface area contributed by atoms with E-state index in [0.717, 1.165) is 43.9 Å². The summed E-state index contributed by atoms with van der Waals surface area (Å²) in [5.41, 5.74) is 3.61. The molecule has 1 amide bonds. The molecule has 27 heavy (non-hydrogen) atoms. The molecule has 2 aliphatic rings. The largest absolute Gasteiger partial charge is 0.491 e. The maximum Gasteiger partial charge on any atom is 0.253 e. The van der Waals surface area contributed by atoms with Gasteiger partial charge in [0.2, 0.25) is 0 Å². The van der Waals surface area contributed by atoms with Gasteiger partial charge in [-0.2, -0.15) is 0 Å². The molecule has 2 aromatic rings. The Morgan fingerprint density at radius 1 is 1.04 bits per heavy atom. The minimum absolute atomic E-state index is 0.104. The van der Waals surface area contributed by atoms with Gasteiger partial charge >= 0.3 is 0 Å². The van der Waals surface area contributed by atoms with E-state index in [4.69, 9.17) is 9.47 Å². The van der Waals surface area contributed by atoms with Crippen LogP contribution in [-0.4, -0.2) is 61.7 Å². The predicted molar refractivity (Wildman–Crippen MR) is 104 cm³/mol. The van der Waals surface area contributed by atoms with Crippen LogP contribution in [0.25, 0.3) is 0 Å². The zero-order valence-corrected chi connectivity index (χ0v) is 15.8. The number of amides is 1. The molecule has 0 unspecified atom stereocenters. The van der Waals surface area contributed by atoms with Gasteiger partial charge in [0.05, 0.1) is 6.61 Å². The van der Waals surface area contributed by atoms with Crippen LogP contribution in [0.3, 0.4) is 0 Å². The lowest BCUT2D eigenvalue weighted by molar-refractivity contribution is 0.0218. The van der Waals surface area contributed by atoms with Gasteiger partial charge < -0.3 is 14.4 Å². The molecule has 5 heteroatoms. The van der Waals surface area contributed by atoms with Gasteiger partial charge in [-0.15, -0.1) is 0 Å². The number of likely N-dealkylation sites (tertiary alicyclic amines) is 1. The number of fused-ring (bicyclic) bond motifs is 1. The van der Waals surface area contributed by atoms with Gasteiger partial charge in [0.25, 0.3) is 5.91 Å². The van der Waals surface area contributed by atoms with Crippen molar-refractivity contribution in [2.24, 2.45) is 0 Å². The molecule has 0 saturated carbocycles. The summed E-state index contributed by atoms with van der Waals surface area (Å²) < 4.78 is 10.5. The van der Waals surface area contributed by atoms with Crippen LogP contribution in [0.1, 0.15) is 21.5 Å². The van der Waals surface area contributed by atoms with Gasteiger partial charge in [-0.3, -0.25) is 9.69 Å². The predicted octanol–water partition coefficient (Wildman–Crippen LogP) is 2.59. The van der Waals surface area contributed by atoms with E-state index >= 15 is 0 Å². The van der Waals surface area contributed by atoms with Gasteiger partial charge in [0.15, 0.2) is 0 Å². The highest BCUT2D eigenvalue weighted by Gasteiger charge is 2.36. The van der Waals surface area contributed by atoms with Crippen molar-refractivity contribution in [1.29, 1.82) is 0 Å². The molecule has 0 N–H and O–H groups in total. The van der Waals surface area contributed by atoms with Crippen molar-refractivity contribution < 1.29 is 14.3 Å². The number of carbonyl (C=O) groups excluding carboxylic acids is 1. The van der Waals surface area contributed by atoms with Gasteiger partial charge in [0, 0.05) is 44.9 Å². The lowest BCUT2D eigenvalue weighted by Crippen LogP contribution is -2.61. The van der Waals surface area contributed by atoms with Crippen molar-refractivity contribution in [3.05, 3.63) is 65.2 Å². The summed E-state index contributed by atoms with van der Waals surface area (Å²) in [6, 6.07) is 16.5. The second-order valence-corrected chi connectivity index (χ2v) is 7.22. The number of hydrogen-bond donors (Lipinski definition) is 0. The van der Waals surface area contributed by atoms with Crippen LogP contribution < -0.4 is 4.74 Å². The van der Waals surface area contributed by atoms with E-state index in [-0.39, 0.29) is 5.91 Å². The highest BCUT2D eigenvalue weighted by atomic mass is 16.5. The number of nitrogens with zero attached hydrogens (tertiary/aromatic N) is 2. The summed E-state index contributed by atoms with van der Waals surface area (Å²) in [6.07, 6.45) is 1.10. The van der Waals surface area contributed by atoms with E-state index in [9.17, 15) is 4.79 Å². The monoisotopic (exact) mass is 366 g/mol. The molecule has 0 aromatic heterocycles. The minimum atomic E-state index is 0.104. The third-order valence-corrected chi connectivity index (χ3v) is 5.48. The SMILES string of the molecule is COCCOc1ccc(C(=O)N2CC(N3CCc4ccccc4C3)C2)cc1. The van der Waals surface area contributed by atoms with Gasteiger partial charge in [-0.05, 0) is 41.8 Å². The lowest BCUT2D eigenvalue weighted by atomic mass is 9.96. The molecule has 0 radical (unpaired) electrons. The Balaban J connectivity index is 1.29. The lowest BCUT2D eigenvalue weighted by Gasteiger charge is -2.47. The fourth-order valence-electron chi connectivity index (χ4n) is 3.80. The first-order valence-electron chi connectivity index (χ1n) is 9.56. The molecule has 2 aliphatic heterocycles. The third-order valence-electron chi connectivity index (χ3n) is 5.48.